The van der Waals surface area contributed by atoms with Crippen LogP contribution < -0.4 is 10.5 Å². The van der Waals surface area contributed by atoms with Crippen LogP contribution in [0.25, 0.3) is 5.57 Å². The van der Waals surface area contributed by atoms with Crippen molar-refractivity contribution < 1.29 is 9.13 Å². The molecule has 2 nitrogen and oxygen atoms in total. The summed E-state index contributed by atoms with van der Waals surface area (Å²) in [6.45, 7) is 24.9. The summed E-state index contributed by atoms with van der Waals surface area (Å²) < 4.78 is 19.1. The van der Waals surface area contributed by atoms with Crippen molar-refractivity contribution in [2.75, 3.05) is 0 Å². The van der Waals surface area contributed by atoms with E-state index < -0.39 is 5.85 Å². The van der Waals surface area contributed by atoms with Gasteiger partial charge >= 0.3 is 0 Å². The van der Waals surface area contributed by atoms with Gasteiger partial charge in [0.2, 0.25) is 5.85 Å². The van der Waals surface area contributed by atoms with Crippen LogP contribution in [0, 0.1) is 5.41 Å². The number of rotatable bonds is 5. The number of hydrogen-bond donors (Lipinski definition) is 1. The Bertz CT molecular complexity index is 807. The third kappa shape index (κ3) is 10.3. The fourth-order valence-corrected chi connectivity index (χ4v) is 3.56. The molecular formula is C29H48FNO. The number of halogens is 1. The highest BCUT2D eigenvalue weighted by molar-refractivity contribution is 5.68. The monoisotopic (exact) mass is 445 g/mol. The molecule has 0 heterocycles. The van der Waals surface area contributed by atoms with E-state index in [9.17, 15) is 4.39 Å². The van der Waals surface area contributed by atoms with Crippen molar-refractivity contribution in [3.63, 3.8) is 0 Å². The molecule has 1 aliphatic carbocycles. The highest BCUT2D eigenvalue weighted by Crippen LogP contribution is 2.46. The molecule has 0 saturated carbocycles. The Morgan fingerprint density at radius 3 is 2.19 bits per heavy atom. The van der Waals surface area contributed by atoms with Crippen molar-refractivity contribution in [1.29, 1.82) is 0 Å². The highest BCUT2D eigenvalue weighted by Gasteiger charge is 2.32. The maximum atomic E-state index is 13.8. The molecule has 3 heteroatoms. The molecule has 0 aromatic heterocycles. The van der Waals surface area contributed by atoms with Crippen LogP contribution in [0.4, 0.5) is 4.39 Å². The minimum atomic E-state index is -1.68. The first-order valence-electron chi connectivity index (χ1n) is 11.2. The van der Waals surface area contributed by atoms with Crippen molar-refractivity contribution in [2.45, 2.75) is 94.9 Å². The molecule has 0 radical (unpaired) electrons. The molecular weight excluding hydrogens is 397 g/mol. The van der Waals surface area contributed by atoms with Crippen LogP contribution in [-0.2, 0) is 0 Å². The predicted octanol–water partition coefficient (Wildman–Crippen LogP) is 9.40. The minimum Gasteiger partial charge on any atom is -0.459 e. The van der Waals surface area contributed by atoms with Gasteiger partial charge in [0, 0.05) is 19.3 Å². The summed E-state index contributed by atoms with van der Waals surface area (Å²) in [4.78, 5) is 0. The van der Waals surface area contributed by atoms with E-state index in [-0.39, 0.29) is 12.8 Å². The number of allylic oxidation sites excluding steroid dienone is 6. The van der Waals surface area contributed by atoms with E-state index in [1.807, 2.05) is 32.0 Å². The van der Waals surface area contributed by atoms with Gasteiger partial charge < -0.3 is 10.5 Å². The standard InChI is InChI=1S/C23H31FO.C3H7N.C2H6.CH4/c1-16(2)23(7)13-9-10-17(3)21(23)14-18(4)19-11-8-12-20(15-19)25-22(5,6)24;1-3(2)4;1-2;/h8,11-12,14-15H,1,9-10,13H2,2-7H3;1,4H2,2H3;1-2H3;1H4/b18-14+;;;. The van der Waals surface area contributed by atoms with Gasteiger partial charge in [0.1, 0.15) is 5.75 Å². The average molecular weight is 446 g/mol. The lowest BCUT2D eigenvalue weighted by Crippen LogP contribution is -2.24. The van der Waals surface area contributed by atoms with Crippen molar-refractivity contribution in [3.05, 3.63) is 71.5 Å². The second-order valence-electron chi connectivity index (χ2n) is 8.83. The van der Waals surface area contributed by atoms with Crippen molar-refractivity contribution in [3.8, 4) is 5.75 Å². The summed E-state index contributed by atoms with van der Waals surface area (Å²) in [5, 5.41) is 0. The molecule has 0 spiro atoms. The molecule has 0 bridgehead atoms. The Morgan fingerprint density at radius 2 is 1.72 bits per heavy atom. The van der Waals surface area contributed by atoms with Crippen LogP contribution in [0.15, 0.2) is 65.9 Å². The summed E-state index contributed by atoms with van der Waals surface area (Å²) >= 11 is 0. The second kappa shape index (κ2) is 14.0. The lowest BCUT2D eigenvalue weighted by Gasteiger charge is -2.37. The quantitative estimate of drug-likeness (QED) is 0.458. The third-order valence-electron chi connectivity index (χ3n) is 5.24. The number of hydrogen-bond acceptors (Lipinski definition) is 2. The first kappa shape index (κ1) is 31.9. The van der Waals surface area contributed by atoms with E-state index >= 15 is 0 Å². The Labute approximate surface area is 198 Å². The summed E-state index contributed by atoms with van der Waals surface area (Å²) in [6, 6.07) is 7.65. The molecule has 1 aromatic carbocycles. The lowest BCUT2D eigenvalue weighted by molar-refractivity contribution is -0.0257. The van der Waals surface area contributed by atoms with Crippen LogP contribution >= 0.6 is 0 Å². The smallest absolute Gasteiger partial charge is 0.242 e. The van der Waals surface area contributed by atoms with Gasteiger partial charge in [0.25, 0.3) is 0 Å². The van der Waals surface area contributed by atoms with Crippen LogP contribution in [0.5, 0.6) is 5.75 Å². The second-order valence-corrected chi connectivity index (χ2v) is 8.83. The molecule has 0 amide bonds. The van der Waals surface area contributed by atoms with Crippen LogP contribution in [0.2, 0.25) is 0 Å². The molecule has 0 saturated heterocycles. The first-order chi connectivity index (χ1) is 14.3. The zero-order valence-corrected chi connectivity index (χ0v) is 21.3. The van der Waals surface area contributed by atoms with Crippen molar-refractivity contribution in [1.82, 2.24) is 0 Å². The SMILES string of the molecule is C.C=C(C)C1(C)CCCC(C)=C1/C=C(\C)c1cccc(OC(C)(C)F)c1.C=C(C)N.CC. The third-order valence-corrected chi connectivity index (χ3v) is 5.24. The van der Waals surface area contributed by atoms with Crippen molar-refractivity contribution >= 4 is 5.57 Å². The van der Waals surface area contributed by atoms with E-state index in [0.29, 0.717) is 11.4 Å². The van der Waals surface area contributed by atoms with Gasteiger partial charge in [-0.1, -0.05) is 70.7 Å². The zero-order chi connectivity index (χ0) is 24.4. The molecule has 1 atom stereocenters. The van der Waals surface area contributed by atoms with E-state index in [1.54, 1.807) is 13.0 Å². The molecule has 32 heavy (non-hydrogen) atoms. The molecule has 0 fully saturated rings. The van der Waals surface area contributed by atoms with Gasteiger partial charge in [0.15, 0.2) is 0 Å². The topological polar surface area (TPSA) is 35.2 Å². The zero-order valence-electron chi connectivity index (χ0n) is 21.3. The van der Waals surface area contributed by atoms with Gasteiger partial charge in [0.05, 0.1) is 0 Å². The summed E-state index contributed by atoms with van der Waals surface area (Å²) in [7, 11) is 0. The van der Waals surface area contributed by atoms with Gasteiger partial charge in [-0.2, -0.15) is 4.39 Å². The van der Waals surface area contributed by atoms with Gasteiger partial charge in [-0.25, -0.2) is 0 Å². The lowest BCUT2D eigenvalue weighted by atomic mass is 9.67. The van der Waals surface area contributed by atoms with Gasteiger partial charge in [-0.3, -0.25) is 0 Å². The Kier molecular flexibility index (Phi) is 13.9. The maximum Gasteiger partial charge on any atom is 0.242 e. The first-order valence-corrected chi connectivity index (χ1v) is 11.2. The molecule has 2 N–H and O–H groups in total. The molecule has 1 unspecified atom stereocenters. The fraction of sp³-hybridized carbons (Fsp3) is 0.517. The van der Waals surface area contributed by atoms with E-state index in [1.165, 1.54) is 37.0 Å². The average Bonchev–Trinajstić information content (AvgIpc) is 2.64. The normalized spacial score (nSPS) is 18.2. The van der Waals surface area contributed by atoms with Crippen LogP contribution in [-0.4, -0.2) is 5.85 Å². The molecule has 1 aliphatic rings. The number of nitrogens with two attached hydrogens (primary N) is 1. The Balaban J connectivity index is 0. The van der Waals surface area contributed by atoms with E-state index in [4.69, 9.17) is 10.5 Å². The highest BCUT2D eigenvalue weighted by atomic mass is 19.2. The van der Waals surface area contributed by atoms with Gasteiger partial charge in [-0.15, -0.1) is 0 Å². The van der Waals surface area contributed by atoms with Crippen molar-refractivity contribution in [2.24, 2.45) is 11.1 Å². The molecule has 1 aromatic rings. The van der Waals surface area contributed by atoms with E-state index in [2.05, 4.69) is 46.9 Å². The summed E-state index contributed by atoms with van der Waals surface area (Å²) in [6.07, 6.45) is 5.77. The number of alkyl halides is 1. The minimum absolute atomic E-state index is 0. The number of ether oxygens (including phenoxy) is 1. The summed E-state index contributed by atoms with van der Waals surface area (Å²) in [5.41, 5.74) is 11.8. The van der Waals surface area contributed by atoms with Gasteiger partial charge in [-0.05, 0) is 81.5 Å². The van der Waals surface area contributed by atoms with E-state index in [0.717, 1.165) is 24.0 Å². The van der Waals surface area contributed by atoms with Crippen LogP contribution in [0.3, 0.4) is 0 Å². The Hall–Kier alpha value is -2.29. The largest absolute Gasteiger partial charge is 0.459 e. The van der Waals surface area contributed by atoms with Crippen LogP contribution in [0.1, 0.15) is 94.6 Å². The predicted molar refractivity (Wildman–Crippen MR) is 142 cm³/mol. The number of benzene rings is 1. The Morgan fingerprint density at radius 1 is 1.19 bits per heavy atom. The molecule has 0 aliphatic heterocycles. The molecule has 2 rings (SSSR count). The summed E-state index contributed by atoms with van der Waals surface area (Å²) in [5.74, 6) is -1.13. The fourth-order valence-electron chi connectivity index (χ4n) is 3.56. The maximum absolute atomic E-state index is 13.8. The molecule has 182 valence electrons.